The molecule has 0 saturated carbocycles. The highest BCUT2D eigenvalue weighted by Crippen LogP contribution is 2.37. The van der Waals surface area contributed by atoms with Gasteiger partial charge >= 0.3 is 0 Å². The summed E-state index contributed by atoms with van der Waals surface area (Å²) in [5, 5.41) is 4.71. The van der Waals surface area contributed by atoms with Gasteiger partial charge in [-0.05, 0) is 41.8 Å². The maximum atomic E-state index is 6.06. The van der Waals surface area contributed by atoms with Crippen molar-refractivity contribution < 1.29 is 0 Å². The summed E-state index contributed by atoms with van der Waals surface area (Å²) in [6.07, 6.45) is 0.973. The van der Waals surface area contributed by atoms with Gasteiger partial charge in [-0.15, -0.1) is 0 Å². The summed E-state index contributed by atoms with van der Waals surface area (Å²) in [7, 11) is 0. The molecule has 0 bridgehead atoms. The third-order valence-electron chi connectivity index (χ3n) is 3.17. The molecule has 0 aromatic heterocycles. The lowest BCUT2D eigenvalue weighted by Crippen LogP contribution is -2.05. The van der Waals surface area contributed by atoms with Crippen molar-refractivity contribution in [2.75, 3.05) is 5.32 Å². The largest absolute Gasteiger partial charge is 0.378 e. The van der Waals surface area contributed by atoms with Crippen molar-refractivity contribution in [3.63, 3.8) is 0 Å². The van der Waals surface area contributed by atoms with E-state index >= 15 is 0 Å². The van der Waals surface area contributed by atoms with E-state index in [1.54, 1.807) is 0 Å². The molecule has 1 aliphatic rings. The molecule has 0 spiro atoms. The molecule has 1 atom stereocenters. The molecular weight excluding hydrogens is 333 g/mol. The van der Waals surface area contributed by atoms with Crippen LogP contribution in [0.1, 0.15) is 17.2 Å². The van der Waals surface area contributed by atoms with E-state index in [9.17, 15) is 0 Å². The van der Waals surface area contributed by atoms with Crippen LogP contribution in [0.3, 0.4) is 0 Å². The lowest BCUT2D eigenvalue weighted by molar-refractivity contribution is 0.824. The maximum absolute atomic E-state index is 6.06. The molecular formula is C14H10BrCl2N. The fraction of sp³-hybridized carbons (Fsp3) is 0.143. The molecule has 0 amide bonds. The first kappa shape index (κ1) is 12.3. The predicted octanol–water partition coefficient (Wildman–Crippen LogP) is 5.47. The Morgan fingerprint density at radius 1 is 1.06 bits per heavy atom. The summed E-state index contributed by atoms with van der Waals surface area (Å²) >= 11 is 15.5. The van der Waals surface area contributed by atoms with Gasteiger partial charge in [0.05, 0.1) is 16.1 Å². The summed E-state index contributed by atoms with van der Waals surface area (Å²) in [6, 6.07) is 12.4. The number of halogens is 3. The van der Waals surface area contributed by atoms with Gasteiger partial charge < -0.3 is 5.32 Å². The topological polar surface area (TPSA) is 12.0 Å². The van der Waals surface area contributed by atoms with E-state index in [0.29, 0.717) is 10.0 Å². The van der Waals surface area contributed by atoms with Crippen LogP contribution in [0.25, 0.3) is 0 Å². The van der Waals surface area contributed by atoms with Crippen molar-refractivity contribution in [2.24, 2.45) is 0 Å². The van der Waals surface area contributed by atoms with E-state index < -0.39 is 0 Å². The number of fused-ring (bicyclic) bond motifs is 1. The van der Waals surface area contributed by atoms with Gasteiger partial charge in [-0.2, -0.15) is 0 Å². The highest BCUT2D eigenvalue weighted by Gasteiger charge is 2.22. The van der Waals surface area contributed by atoms with Crippen molar-refractivity contribution in [3.05, 3.63) is 62.0 Å². The summed E-state index contributed by atoms with van der Waals surface area (Å²) < 4.78 is 1.09. The Morgan fingerprint density at radius 3 is 2.67 bits per heavy atom. The van der Waals surface area contributed by atoms with Crippen LogP contribution in [0.5, 0.6) is 0 Å². The van der Waals surface area contributed by atoms with Crippen LogP contribution in [0.4, 0.5) is 5.69 Å². The van der Waals surface area contributed by atoms with Crippen molar-refractivity contribution in [1.82, 2.24) is 0 Å². The van der Waals surface area contributed by atoms with Gasteiger partial charge in [0, 0.05) is 10.2 Å². The Hall–Kier alpha value is -0.700. The monoisotopic (exact) mass is 341 g/mol. The van der Waals surface area contributed by atoms with Gasteiger partial charge in [0.25, 0.3) is 0 Å². The SMILES string of the molecule is Clc1ccc(C2Cc3ccc(Br)cc3N2)cc1Cl. The number of rotatable bonds is 1. The summed E-state index contributed by atoms with van der Waals surface area (Å²) in [6.45, 7) is 0. The zero-order valence-electron chi connectivity index (χ0n) is 9.38. The van der Waals surface area contributed by atoms with E-state index in [-0.39, 0.29) is 6.04 Å². The van der Waals surface area contributed by atoms with Gasteiger partial charge in [-0.3, -0.25) is 0 Å². The van der Waals surface area contributed by atoms with Crippen LogP contribution in [0.2, 0.25) is 10.0 Å². The second-order valence-corrected chi connectivity index (χ2v) is 6.11. The molecule has 1 heterocycles. The number of benzene rings is 2. The number of anilines is 1. The molecule has 1 aliphatic heterocycles. The Balaban J connectivity index is 1.91. The molecule has 2 aromatic rings. The fourth-order valence-corrected chi connectivity index (χ4v) is 2.92. The standard InChI is InChI=1S/C14H10BrCl2N/c15-10-3-1-9-6-13(18-14(9)7-10)8-2-4-11(16)12(17)5-8/h1-5,7,13,18H,6H2. The Labute approximate surface area is 124 Å². The molecule has 1 unspecified atom stereocenters. The van der Waals surface area contributed by atoms with Crippen molar-refractivity contribution in [1.29, 1.82) is 0 Å². The van der Waals surface area contributed by atoms with Crippen LogP contribution in [-0.4, -0.2) is 0 Å². The smallest absolute Gasteiger partial charge is 0.0595 e. The first-order chi connectivity index (χ1) is 8.63. The van der Waals surface area contributed by atoms with Crippen LogP contribution in [-0.2, 0) is 6.42 Å². The minimum atomic E-state index is 0.268. The highest BCUT2D eigenvalue weighted by atomic mass is 79.9. The maximum Gasteiger partial charge on any atom is 0.0595 e. The fourth-order valence-electron chi connectivity index (χ4n) is 2.25. The van der Waals surface area contributed by atoms with Gasteiger partial charge in [0.15, 0.2) is 0 Å². The van der Waals surface area contributed by atoms with E-state index in [4.69, 9.17) is 23.2 Å². The quantitative estimate of drug-likeness (QED) is 0.725. The van der Waals surface area contributed by atoms with Crippen molar-refractivity contribution in [3.8, 4) is 0 Å². The molecule has 92 valence electrons. The van der Waals surface area contributed by atoms with Crippen LogP contribution in [0.15, 0.2) is 40.9 Å². The molecule has 18 heavy (non-hydrogen) atoms. The van der Waals surface area contributed by atoms with Gasteiger partial charge in [-0.1, -0.05) is 51.3 Å². The van der Waals surface area contributed by atoms with Crippen LogP contribution in [0, 0.1) is 0 Å². The van der Waals surface area contributed by atoms with Gasteiger partial charge in [0.2, 0.25) is 0 Å². The Kier molecular flexibility index (Phi) is 3.27. The summed E-state index contributed by atoms with van der Waals surface area (Å²) in [5.74, 6) is 0. The second-order valence-electron chi connectivity index (χ2n) is 4.38. The minimum Gasteiger partial charge on any atom is -0.378 e. The number of hydrogen-bond donors (Lipinski definition) is 1. The Morgan fingerprint density at radius 2 is 1.89 bits per heavy atom. The average Bonchev–Trinajstić information content (AvgIpc) is 2.75. The summed E-state index contributed by atoms with van der Waals surface area (Å²) in [5.41, 5.74) is 3.67. The average molecular weight is 343 g/mol. The lowest BCUT2D eigenvalue weighted by Gasteiger charge is -2.12. The zero-order valence-corrected chi connectivity index (χ0v) is 12.5. The molecule has 2 aromatic carbocycles. The van der Waals surface area contributed by atoms with Crippen LogP contribution >= 0.6 is 39.1 Å². The zero-order chi connectivity index (χ0) is 12.7. The normalized spacial score (nSPS) is 17.4. The van der Waals surface area contributed by atoms with Crippen molar-refractivity contribution >= 4 is 44.8 Å². The van der Waals surface area contributed by atoms with E-state index in [1.165, 1.54) is 11.3 Å². The second kappa shape index (κ2) is 4.76. The molecule has 4 heteroatoms. The molecule has 0 aliphatic carbocycles. The van der Waals surface area contributed by atoms with E-state index in [1.807, 2.05) is 18.2 Å². The number of hydrogen-bond acceptors (Lipinski definition) is 1. The molecule has 0 radical (unpaired) electrons. The molecule has 1 nitrogen and oxygen atoms in total. The first-order valence-electron chi connectivity index (χ1n) is 5.63. The molecule has 0 saturated heterocycles. The number of nitrogens with one attached hydrogen (secondary N) is 1. The van der Waals surface area contributed by atoms with E-state index in [2.05, 4.69) is 39.4 Å². The third kappa shape index (κ3) is 2.25. The molecule has 3 rings (SSSR count). The van der Waals surface area contributed by atoms with Crippen LogP contribution < -0.4 is 5.32 Å². The first-order valence-corrected chi connectivity index (χ1v) is 7.18. The third-order valence-corrected chi connectivity index (χ3v) is 4.40. The summed E-state index contributed by atoms with van der Waals surface area (Å²) in [4.78, 5) is 0. The highest BCUT2D eigenvalue weighted by molar-refractivity contribution is 9.10. The molecule has 0 fully saturated rings. The van der Waals surface area contributed by atoms with Gasteiger partial charge in [0.1, 0.15) is 0 Å². The lowest BCUT2D eigenvalue weighted by atomic mass is 10.0. The molecule has 1 N–H and O–H groups in total. The van der Waals surface area contributed by atoms with Crippen molar-refractivity contribution in [2.45, 2.75) is 12.5 Å². The predicted molar refractivity (Wildman–Crippen MR) is 80.7 cm³/mol. The van der Waals surface area contributed by atoms with Gasteiger partial charge in [-0.25, -0.2) is 0 Å². The minimum absolute atomic E-state index is 0.268. The Bertz CT molecular complexity index is 613. The van der Waals surface area contributed by atoms with E-state index in [0.717, 1.165) is 16.5 Å².